The van der Waals surface area contributed by atoms with Crippen LogP contribution in [0, 0.1) is 0 Å². The first-order chi connectivity index (χ1) is 6.33. The molecule has 1 aromatic rings. The molecule has 0 amide bonds. The second-order valence-electron chi connectivity index (χ2n) is 3.13. The number of nitrogens with one attached hydrogen (secondary N) is 1. The predicted molar refractivity (Wildman–Crippen MR) is 61.3 cm³/mol. The van der Waals surface area contributed by atoms with Gasteiger partial charge in [0.2, 0.25) is 0 Å². The molecule has 1 unspecified atom stereocenters. The fourth-order valence-corrected chi connectivity index (χ4v) is 3.63. The van der Waals surface area contributed by atoms with Crippen LogP contribution in [-0.4, -0.2) is 12.8 Å². The maximum Gasteiger partial charge on any atom is 0.0347 e. The van der Waals surface area contributed by atoms with Crippen molar-refractivity contribution in [3.63, 3.8) is 0 Å². The van der Waals surface area contributed by atoms with Gasteiger partial charge in [0, 0.05) is 15.4 Å². The normalized spacial score (nSPS) is 21.2. The van der Waals surface area contributed by atoms with Crippen molar-refractivity contribution in [2.45, 2.75) is 17.4 Å². The van der Waals surface area contributed by atoms with Crippen LogP contribution in [0.15, 0.2) is 27.6 Å². The third-order valence-electron chi connectivity index (χ3n) is 2.37. The Bertz CT molecular complexity index is 314. The molecule has 1 nitrogen and oxygen atoms in total. The molecule has 1 aromatic carbocycles. The summed E-state index contributed by atoms with van der Waals surface area (Å²) in [5.41, 5.74) is 1.43. The smallest absolute Gasteiger partial charge is 0.0347 e. The predicted octanol–water partition coefficient (Wildman–Crippen LogP) is 3.21. The number of benzene rings is 1. The highest BCUT2D eigenvalue weighted by Crippen LogP contribution is 2.39. The van der Waals surface area contributed by atoms with Crippen molar-refractivity contribution in [2.75, 3.05) is 12.8 Å². The van der Waals surface area contributed by atoms with E-state index in [0.29, 0.717) is 6.04 Å². The Morgan fingerprint density at radius 1 is 1.54 bits per heavy atom. The molecular weight excluding hydrogens is 246 g/mol. The van der Waals surface area contributed by atoms with Gasteiger partial charge < -0.3 is 5.32 Å². The summed E-state index contributed by atoms with van der Waals surface area (Å²) in [5.74, 6) is 1.22. The zero-order chi connectivity index (χ0) is 9.26. The molecule has 3 heteroatoms. The van der Waals surface area contributed by atoms with E-state index < -0.39 is 0 Å². The minimum absolute atomic E-state index is 0.520. The lowest BCUT2D eigenvalue weighted by Crippen LogP contribution is -2.20. The van der Waals surface area contributed by atoms with Gasteiger partial charge in [0.25, 0.3) is 0 Å². The highest BCUT2D eigenvalue weighted by Gasteiger charge is 2.20. The molecule has 0 bridgehead atoms. The van der Waals surface area contributed by atoms with Gasteiger partial charge in [-0.3, -0.25) is 0 Å². The zero-order valence-electron chi connectivity index (χ0n) is 7.51. The van der Waals surface area contributed by atoms with Crippen molar-refractivity contribution < 1.29 is 0 Å². The van der Waals surface area contributed by atoms with E-state index in [1.54, 1.807) is 0 Å². The molecule has 0 aliphatic carbocycles. The van der Waals surface area contributed by atoms with E-state index in [2.05, 4.69) is 39.4 Å². The fourth-order valence-electron chi connectivity index (χ4n) is 1.70. The Morgan fingerprint density at radius 2 is 2.38 bits per heavy atom. The number of rotatable bonds is 1. The van der Waals surface area contributed by atoms with Gasteiger partial charge in [-0.1, -0.05) is 22.0 Å². The SMILES string of the molecule is CNC1CCSc2cccc(Br)c21. The molecule has 2 rings (SSSR count). The number of hydrogen-bond acceptors (Lipinski definition) is 2. The summed E-state index contributed by atoms with van der Waals surface area (Å²) >= 11 is 5.56. The maximum absolute atomic E-state index is 3.61. The summed E-state index contributed by atoms with van der Waals surface area (Å²) in [6.07, 6.45) is 1.22. The van der Waals surface area contributed by atoms with Gasteiger partial charge in [-0.2, -0.15) is 0 Å². The van der Waals surface area contributed by atoms with E-state index in [9.17, 15) is 0 Å². The number of fused-ring (bicyclic) bond motifs is 1. The minimum atomic E-state index is 0.520. The summed E-state index contributed by atoms with van der Waals surface area (Å²) in [4.78, 5) is 1.42. The largest absolute Gasteiger partial charge is 0.313 e. The zero-order valence-corrected chi connectivity index (χ0v) is 9.91. The average molecular weight is 258 g/mol. The van der Waals surface area contributed by atoms with Gasteiger partial charge in [-0.25, -0.2) is 0 Å². The topological polar surface area (TPSA) is 12.0 Å². The second kappa shape index (κ2) is 4.03. The van der Waals surface area contributed by atoms with E-state index >= 15 is 0 Å². The lowest BCUT2D eigenvalue weighted by atomic mass is 10.0. The molecule has 70 valence electrons. The van der Waals surface area contributed by atoms with Crippen LogP contribution in [-0.2, 0) is 0 Å². The lowest BCUT2D eigenvalue weighted by Gasteiger charge is -2.25. The third-order valence-corrected chi connectivity index (χ3v) is 4.17. The van der Waals surface area contributed by atoms with E-state index in [1.807, 2.05) is 18.8 Å². The van der Waals surface area contributed by atoms with Crippen molar-refractivity contribution in [1.29, 1.82) is 0 Å². The van der Waals surface area contributed by atoms with Crippen molar-refractivity contribution in [3.05, 3.63) is 28.2 Å². The van der Waals surface area contributed by atoms with E-state index in [-0.39, 0.29) is 0 Å². The molecule has 0 spiro atoms. The van der Waals surface area contributed by atoms with Gasteiger partial charge in [-0.05, 0) is 36.9 Å². The minimum Gasteiger partial charge on any atom is -0.313 e. The van der Waals surface area contributed by atoms with Crippen LogP contribution in [0.3, 0.4) is 0 Å². The molecule has 0 aromatic heterocycles. The molecule has 0 saturated carbocycles. The average Bonchev–Trinajstić information content (AvgIpc) is 2.17. The van der Waals surface area contributed by atoms with Gasteiger partial charge in [0.05, 0.1) is 0 Å². The van der Waals surface area contributed by atoms with Crippen LogP contribution < -0.4 is 5.32 Å². The Kier molecular flexibility index (Phi) is 2.96. The Balaban J connectivity index is 2.47. The van der Waals surface area contributed by atoms with Gasteiger partial charge in [-0.15, -0.1) is 11.8 Å². The van der Waals surface area contributed by atoms with Crippen LogP contribution in [0.2, 0.25) is 0 Å². The Morgan fingerprint density at radius 3 is 3.15 bits per heavy atom. The first-order valence-corrected chi connectivity index (χ1v) is 6.19. The lowest BCUT2D eigenvalue weighted by molar-refractivity contribution is 0.562. The van der Waals surface area contributed by atoms with E-state index in [4.69, 9.17) is 0 Å². The molecule has 1 N–H and O–H groups in total. The van der Waals surface area contributed by atoms with Crippen LogP contribution >= 0.6 is 27.7 Å². The first-order valence-electron chi connectivity index (χ1n) is 4.41. The highest BCUT2D eigenvalue weighted by atomic mass is 79.9. The van der Waals surface area contributed by atoms with Gasteiger partial charge in [0.1, 0.15) is 0 Å². The van der Waals surface area contributed by atoms with Crippen LogP contribution in [0.5, 0.6) is 0 Å². The summed E-state index contributed by atoms with van der Waals surface area (Å²) in [5, 5.41) is 3.36. The Labute approximate surface area is 91.4 Å². The molecule has 0 saturated heterocycles. The van der Waals surface area contributed by atoms with Crippen LogP contribution in [0.1, 0.15) is 18.0 Å². The summed E-state index contributed by atoms with van der Waals surface area (Å²) < 4.78 is 1.23. The standard InChI is InChI=1S/C10H12BrNS/c1-12-8-5-6-13-9-4-2-3-7(11)10(8)9/h2-4,8,12H,5-6H2,1H3. The fraction of sp³-hybridized carbons (Fsp3) is 0.400. The highest BCUT2D eigenvalue weighted by molar-refractivity contribution is 9.10. The number of halogens is 1. The molecule has 1 aliphatic heterocycles. The van der Waals surface area contributed by atoms with E-state index in [0.717, 1.165) is 0 Å². The Hall–Kier alpha value is 0.01000. The maximum atomic E-state index is 3.61. The summed E-state index contributed by atoms with van der Waals surface area (Å²) in [6, 6.07) is 6.95. The molecule has 1 heterocycles. The molecular formula is C10H12BrNS. The van der Waals surface area contributed by atoms with Crippen molar-refractivity contribution >= 4 is 27.7 Å². The van der Waals surface area contributed by atoms with Crippen molar-refractivity contribution in [2.24, 2.45) is 0 Å². The second-order valence-corrected chi connectivity index (χ2v) is 5.12. The number of thioether (sulfide) groups is 1. The monoisotopic (exact) mass is 257 g/mol. The first kappa shape index (κ1) is 9.56. The molecule has 0 fully saturated rings. The van der Waals surface area contributed by atoms with Crippen LogP contribution in [0.25, 0.3) is 0 Å². The molecule has 1 atom stereocenters. The quantitative estimate of drug-likeness (QED) is 0.830. The summed E-state index contributed by atoms with van der Waals surface area (Å²) in [6.45, 7) is 0. The van der Waals surface area contributed by atoms with E-state index in [1.165, 1.54) is 27.1 Å². The third kappa shape index (κ3) is 1.78. The molecule has 0 radical (unpaired) electrons. The molecule has 1 aliphatic rings. The van der Waals surface area contributed by atoms with Gasteiger partial charge >= 0.3 is 0 Å². The molecule has 13 heavy (non-hydrogen) atoms. The van der Waals surface area contributed by atoms with Gasteiger partial charge in [0.15, 0.2) is 0 Å². The van der Waals surface area contributed by atoms with Crippen LogP contribution in [0.4, 0.5) is 0 Å². The number of hydrogen-bond donors (Lipinski definition) is 1. The van der Waals surface area contributed by atoms with Crippen molar-refractivity contribution in [1.82, 2.24) is 5.32 Å². The summed E-state index contributed by atoms with van der Waals surface area (Å²) in [7, 11) is 2.03. The van der Waals surface area contributed by atoms with Crippen molar-refractivity contribution in [3.8, 4) is 0 Å².